The van der Waals surface area contributed by atoms with Gasteiger partial charge in [0.05, 0.1) is 31.5 Å². The van der Waals surface area contributed by atoms with Crippen molar-refractivity contribution < 1.29 is 44.1 Å². The van der Waals surface area contributed by atoms with Crippen molar-refractivity contribution in [3.63, 3.8) is 0 Å². The largest absolute Gasteiger partial charge is 0.481 e. The zero-order chi connectivity index (χ0) is 27.5. The summed E-state index contributed by atoms with van der Waals surface area (Å²) in [4.78, 5) is 84.9. The van der Waals surface area contributed by atoms with Crippen molar-refractivity contribution >= 4 is 35.6 Å². The number of carboxylic acids is 3. The smallest absolute Gasteiger partial charge is 0.326 e. The second-order valence-electron chi connectivity index (χ2n) is 7.89. The standard InChI is InChI=1S/C20H26N8O9/c21-11(3-15(29)30)17(33)26-12(1-9-5-22-7-24-9)18(34)27-13(4-16(31)32)19(35)28-14(20(36)37)2-10-6-23-8-25-10/h5-8,11-14H,1-4,21H2,(H,22,24)(H,23,25)(H,26,33)(H,27,34)(H,28,35)(H,29,30)(H,31,32)(H,36,37)/t11-,12-,13-,14-/m0/s1. The van der Waals surface area contributed by atoms with Gasteiger partial charge in [-0.3, -0.25) is 24.0 Å². The molecule has 200 valence electrons. The third kappa shape index (κ3) is 9.40. The van der Waals surface area contributed by atoms with Gasteiger partial charge in [0.15, 0.2) is 0 Å². The van der Waals surface area contributed by atoms with Gasteiger partial charge in [-0.1, -0.05) is 0 Å². The number of H-pyrrole nitrogens is 2. The second kappa shape index (κ2) is 13.3. The van der Waals surface area contributed by atoms with Crippen LogP contribution >= 0.6 is 0 Å². The van der Waals surface area contributed by atoms with E-state index < -0.39 is 72.6 Å². The highest BCUT2D eigenvalue weighted by Crippen LogP contribution is 2.05. The molecule has 37 heavy (non-hydrogen) atoms. The summed E-state index contributed by atoms with van der Waals surface area (Å²) in [6.07, 6.45) is 3.27. The van der Waals surface area contributed by atoms with Crippen LogP contribution in [-0.4, -0.2) is 95.1 Å². The topological polar surface area (TPSA) is 283 Å². The highest BCUT2D eigenvalue weighted by Gasteiger charge is 2.32. The van der Waals surface area contributed by atoms with Crippen molar-refractivity contribution in [2.24, 2.45) is 5.73 Å². The maximum absolute atomic E-state index is 13.0. The molecular weight excluding hydrogens is 496 g/mol. The van der Waals surface area contributed by atoms with Gasteiger partial charge >= 0.3 is 17.9 Å². The molecule has 0 aliphatic heterocycles. The van der Waals surface area contributed by atoms with Crippen LogP contribution in [0.4, 0.5) is 0 Å². The number of imidazole rings is 2. The fourth-order valence-corrected chi connectivity index (χ4v) is 3.13. The van der Waals surface area contributed by atoms with Gasteiger partial charge in [0, 0.05) is 36.6 Å². The molecule has 2 heterocycles. The number of rotatable bonds is 15. The summed E-state index contributed by atoms with van der Waals surface area (Å²) < 4.78 is 0. The van der Waals surface area contributed by atoms with E-state index in [9.17, 15) is 39.0 Å². The second-order valence-corrected chi connectivity index (χ2v) is 7.89. The van der Waals surface area contributed by atoms with Gasteiger partial charge in [0.25, 0.3) is 0 Å². The molecule has 0 aliphatic rings. The Kier molecular flexibility index (Phi) is 10.2. The van der Waals surface area contributed by atoms with E-state index in [0.717, 1.165) is 0 Å². The average molecular weight is 522 g/mol. The fourth-order valence-electron chi connectivity index (χ4n) is 3.13. The molecule has 0 aliphatic carbocycles. The van der Waals surface area contributed by atoms with E-state index in [0.29, 0.717) is 11.4 Å². The zero-order valence-corrected chi connectivity index (χ0v) is 19.2. The SMILES string of the molecule is N[C@@H](CC(=O)O)C(=O)N[C@@H](Cc1cnc[nH]1)C(=O)N[C@@H](CC(=O)O)C(=O)N[C@@H](Cc1cnc[nH]1)C(=O)O. The Balaban J connectivity index is 2.18. The number of aliphatic carboxylic acids is 3. The van der Waals surface area contributed by atoms with E-state index in [1.165, 1.54) is 25.0 Å². The predicted octanol–water partition coefficient (Wildman–Crippen LogP) is -3.27. The monoisotopic (exact) mass is 522 g/mol. The van der Waals surface area contributed by atoms with Crippen LogP contribution in [0.15, 0.2) is 25.0 Å². The summed E-state index contributed by atoms with van der Waals surface area (Å²) in [5.74, 6) is -7.33. The molecule has 2 aromatic heterocycles. The summed E-state index contributed by atoms with van der Waals surface area (Å²) in [7, 11) is 0. The van der Waals surface area contributed by atoms with Crippen molar-refractivity contribution in [3.05, 3.63) is 36.4 Å². The van der Waals surface area contributed by atoms with E-state index >= 15 is 0 Å². The van der Waals surface area contributed by atoms with E-state index in [4.69, 9.17) is 10.8 Å². The summed E-state index contributed by atoms with van der Waals surface area (Å²) in [5, 5.41) is 34.2. The Morgan fingerprint density at radius 3 is 1.65 bits per heavy atom. The van der Waals surface area contributed by atoms with Crippen molar-refractivity contribution in [2.45, 2.75) is 49.9 Å². The minimum atomic E-state index is -1.72. The molecule has 2 rings (SSSR count). The molecule has 2 aromatic rings. The lowest BCUT2D eigenvalue weighted by Gasteiger charge is -2.24. The normalized spacial score (nSPS) is 14.0. The molecule has 0 bridgehead atoms. The number of amides is 3. The predicted molar refractivity (Wildman–Crippen MR) is 120 cm³/mol. The molecule has 0 unspecified atom stereocenters. The molecule has 0 saturated carbocycles. The first-order valence-corrected chi connectivity index (χ1v) is 10.7. The summed E-state index contributed by atoms with van der Waals surface area (Å²) in [5.41, 5.74) is 6.30. The Labute approximate surface area is 208 Å². The number of hydrogen-bond acceptors (Lipinski definition) is 9. The van der Waals surface area contributed by atoms with Crippen molar-refractivity contribution in [1.29, 1.82) is 0 Å². The Bertz CT molecular complexity index is 1100. The lowest BCUT2D eigenvalue weighted by molar-refractivity contribution is -0.143. The van der Waals surface area contributed by atoms with Crippen molar-refractivity contribution in [1.82, 2.24) is 35.9 Å². The number of carboxylic acid groups (broad SMARTS) is 3. The average Bonchev–Trinajstić information content (AvgIpc) is 3.51. The molecule has 0 spiro atoms. The Morgan fingerprint density at radius 2 is 1.19 bits per heavy atom. The van der Waals surface area contributed by atoms with Gasteiger partial charge in [-0.25, -0.2) is 14.8 Å². The van der Waals surface area contributed by atoms with E-state index in [1.807, 2.05) is 0 Å². The first-order valence-electron chi connectivity index (χ1n) is 10.7. The summed E-state index contributed by atoms with van der Waals surface area (Å²) >= 11 is 0. The molecule has 0 fully saturated rings. The molecule has 3 amide bonds. The van der Waals surface area contributed by atoms with Crippen LogP contribution in [0.5, 0.6) is 0 Å². The van der Waals surface area contributed by atoms with Crippen LogP contribution < -0.4 is 21.7 Å². The number of hydrogen-bond donors (Lipinski definition) is 9. The van der Waals surface area contributed by atoms with Gasteiger partial charge in [-0.05, 0) is 0 Å². The van der Waals surface area contributed by atoms with Crippen molar-refractivity contribution in [3.8, 4) is 0 Å². The third-order valence-electron chi connectivity index (χ3n) is 4.95. The van der Waals surface area contributed by atoms with Gasteiger partial charge in [0.2, 0.25) is 17.7 Å². The number of aromatic amines is 2. The number of carbonyl (C=O) groups is 6. The molecule has 0 saturated heterocycles. The van der Waals surface area contributed by atoms with Gasteiger partial charge in [-0.2, -0.15) is 0 Å². The lowest BCUT2D eigenvalue weighted by atomic mass is 10.1. The quantitative estimate of drug-likeness (QED) is 0.111. The molecule has 4 atom stereocenters. The van der Waals surface area contributed by atoms with Crippen LogP contribution in [0.3, 0.4) is 0 Å². The molecule has 17 nitrogen and oxygen atoms in total. The number of nitrogens with two attached hydrogens (primary N) is 1. The van der Waals surface area contributed by atoms with Crippen LogP contribution in [0.25, 0.3) is 0 Å². The number of nitrogens with zero attached hydrogens (tertiary/aromatic N) is 2. The first kappa shape index (κ1) is 28.4. The van der Waals surface area contributed by atoms with Crippen LogP contribution in [0.2, 0.25) is 0 Å². The summed E-state index contributed by atoms with van der Waals surface area (Å²) in [6.45, 7) is 0. The number of aromatic nitrogens is 4. The third-order valence-corrected chi connectivity index (χ3v) is 4.95. The van der Waals surface area contributed by atoms with Gasteiger partial charge in [0.1, 0.15) is 18.1 Å². The zero-order valence-electron chi connectivity index (χ0n) is 19.2. The van der Waals surface area contributed by atoms with E-state index in [1.54, 1.807) is 0 Å². The highest BCUT2D eigenvalue weighted by molar-refractivity contribution is 5.96. The lowest BCUT2D eigenvalue weighted by Crippen LogP contribution is -2.58. The van der Waals surface area contributed by atoms with Crippen LogP contribution in [-0.2, 0) is 41.6 Å². The Morgan fingerprint density at radius 1 is 0.730 bits per heavy atom. The van der Waals surface area contributed by atoms with Crippen LogP contribution in [0, 0.1) is 0 Å². The van der Waals surface area contributed by atoms with Gasteiger partial charge < -0.3 is 47.0 Å². The minimum absolute atomic E-state index is 0.198. The first-order chi connectivity index (χ1) is 17.5. The minimum Gasteiger partial charge on any atom is -0.481 e. The fraction of sp³-hybridized carbons (Fsp3) is 0.400. The van der Waals surface area contributed by atoms with Gasteiger partial charge in [-0.15, -0.1) is 0 Å². The van der Waals surface area contributed by atoms with Crippen molar-refractivity contribution in [2.75, 3.05) is 0 Å². The Hall–Kier alpha value is -4.80. The maximum Gasteiger partial charge on any atom is 0.326 e. The maximum atomic E-state index is 13.0. The van der Waals surface area contributed by atoms with Crippen LogP contribution in [0.1, 0.15) is 24.2 Å². The number of nitrogens with one attached hydrogen (secondary N) is 5. The molecule has 0 aromatic carbocycles. The number of carbonyl (C=O) groups excluding carboxylic acids is 3. The molecule has 0 radical (unpaired) electrons. The molecule has 10 N–H and O–H groups in total. The molecular formula is C20H26N8O9. The summed E-state index contributed by atoms with van der Waals surface area (Å²) in [6, 6.07) is -6.11. The van der Waals surface area contributed by atoms with E-state index in [-0.39, 0.29) is 12.8 Å². The molecule has 17 heteroatoms. The highest BCUT2D eigenvalue weighted by atomic mass is 16.4. The van der Waals surface area contributed by atoms with E-state index in [2.05, 4.69) is 35.9 Å².